The van der Waals surface area contributed by atoms with E-state index in [4.69, 9.17) is 9.26 Å². The largest absolute Gasteiger partial charge is 0.365 e. The number of hydrogen-bond donors (Lipinski definition) is 1. The first-order chi connectivity index (χ1) is 9.76. The first-order valence-corrected chi connectivity index (χ1v) is 6.67. The van der Waals surface area contributed by atoms with Crippen molar-refractivity contribution in [2.75, 3.05) is 6.61 Å². The monoisotopic (exact) mass is 270 g/mol. The Morgan fingerprint density at radius 3 is 3.15 bits per heavy atom. The Hall–Kier alpha value is -2.21. The van der Waals surface area contributed by atoms with Gasteiger partial charge in [-0.1, -0.05) is 5.16 Å². The lowest BCUT2D eigenvalue weighted by atomic mass is 10.0. The second kappa shape index (κ2) is 4.14. The first-order valence-electron chi connectivity index (χ1n) is 6.67. The molecule has 1 aliphatic rings. The molecule has 4 heterocycles. The zero-order valence-corrected chi connectivity index (χ0v) is 11.1. The Morgan fingerprint density at radius 1 is 1.35 bits per heavy atom. The van der Waals surface area contributed by atoms with Gasteiger partial charge in [0.15, 0.2) is 0 Å². The smallest absolute Gasteiger partial charge is 0.258 e. The minimum atomic E-state index is -0.449. The van der Waals surface area contributed by atoms with Crippen LogP contribution in [0, 0.1) is 0 Å². The molecule has 3 aromatic heterocycles. The van der Waals surface area contributed by atoms with Gasteiger partial charge in [-0.2, -0.15) is 4.98 Å². The highest BCUT2D eigenvalue weighted by molar-refractivity contribution is 5.90. The van der Waals surface area contributed by atoms with Crippen molar-refractivity contribution >= 4 is 11.0 Å². The van der Waals surface area contributed by atoms with Crippen molar-refractivity contribution in [2.45, 2.75) is 25.4 Å². The van der Waals surface area contributed by atoms with Crippen LogP contribution in [0.4, 0.5) is 0 Å². The maximum atomic E-state index is 5.73. The van der Waals surface area contributed by atoms with Crippen LogP contribution in [0.1, 0.15) is 25.7 Å². The molecule has 0 spiro atoms. The van der Waals surface area contributed by atoms with Crippen LogP contribution < -0.4 is 0 Å². The molecular formula is C14H14N4O2. The second-order valence-electron chi connectivity index (χ2n) is 5.20. The van der Waals surface area contributed by atoms with E-state index in [1.165, 1.54) is 0 Å². The molecule has 102 valence electrons. The number of ether oxygens (including phenoxy) is 1. The Bertz CT molecular complexity index is 755. The third-order valence-electron chi connectivity index (χ3n) is 3.80. The lowest BCUT2D eigenvalue weighted by Crippen LogP contribution is -2.20. The fraction of sp³-hybridized carbons (Fsp3) is 0.357. The molecule has 1 unspecified atom stereocenters. The topological polar surface area (TPSA) is 76.8 Å². The Kier molecular flexibility index (Phi) is 2.40. The zero-order valence-electron chi connectivity index (χ0n) is 11.1. The molecule has 1 atom stereocenters. The van der Waals surface area contributed by atoms with Crippen LogP contribution in [0.25, 0.3) is 22.4 Å². The van der Waals surface area contributed by atoms with Gasteiger partial charge in [0.05, 0.1) is 0 Å². The normalized spacial score (nSPS) is 22.6. The summed E-state index contributed by atoms with van der Waals surface area (Å²) >= 11 is 0. The number of H-pyrrole nitrogens is 1. The minimum absolute atomic E-state index is 0.449. The van der Waals surface area contributed by atoms with Crippen LogP contribution in [0.3, 0.4) is 0 Å². The number of fused-ring (bicyclic) bond motifs is 1. The maximum Gasteiger partial charge on any atom is 0.258 e. The fourth-order valence-corrected chi connectivity index (χ4v) is 2.65. The summed E-state index contributed by atoms with van der Waals surface area (Å²) in [7, 11) is 0. The van der Waals surface area contributed by atoms with Crippen LogP contribution in [0.15, 0.2) is 29.0 Å². The van der Waals surface area contributed by atoms with Crippen LogP contribution in [0.5, 0.6) is 0 Å². The van der Waals surface area contributed by atoms with Crippen molar-refractivity contribution in [3.8, 4) is 11.4 Å². The molecule has 0 bridgehead atoms. The van der Waals surface area contributed by atoms with Gasteiger partial charge < -0.3 is 14.2 Å². The Balaban J connectivity index is 1.80. The third kappa shape index (κ3) is 1.65. The predicted octanol–water partition coefficient (Wildman–Crippen LogP) is 2.64. The molecule has 6 nitrogen and oxygen atoms in total. The quantitative estimate of drug-likeness (QED) is 0.774. The number of aromatic nitrogens is 4. The summed E-state index contributed by atoms with van der Waals surface area (Å²) in [5.74, 6) is 1.12. The van der Waals surface area contributed by atoms with Gasteiger partial charge in [-0.3, -0.25) is 0 Å². The minimum Gasteiger partial charge on any atom is -0.365 e. The molecule has 0 aliphatic carbocycles. The summed E-state index contributed by atoms with van der Waals surface area (Å²) < 4.78 is 11.1. The van der Waals surface area contributed by atoms with Crippen molar-refractivity contribution in [1.29, 1.82) is 0 Å². The van der Waals surface area contributed by atoms with Crippen LogP contribution in [-0.4, -0.2) is 26.7 Å². The molecule has 20 heavy (non-hydrogen) atoms. The summed E-state index contributed by atoms with van der Waals surface area (Å²) in [4.78, 5) is 11.9. The highest BCUT2D eigenvalue weighted by Gasteiger charge is 2.37. The van der Waals surface area contributed by atoms with Gasteiger partial charge in [0, 0.05) is 30.0 Å². The first kappa shape index (κ1) is 11.6. The van der Waals surface area contributed by atoms with E-state index in [2.05, 4.69) is 20.1 Å². The fourth-order valence-electron chi connectivity index (χ4n) is 2.65. The molecule has 0 radical (unpaired) electrons. The average Bonchev–Trinajstić information content (AvgIpc) is 3.18. The number of aromatic amines is 1. The van der Waals surface area contributed by atoms with E-state index in [0.717, 1.165) is 36.0 Å². The van der Waals surface area contributed by atoms with E-state index < -0.39 is 5.60 Å². The number of nitrogens with one attached hydrogen (secondary N) is 1. The molecule has 4 rings (SSSR count). The van der Waals surface area contributed by atoms with Crippen LogP contribution in [0.2, 0.25) is 0 Å². The van der Waals surface area contributed by atoms with Gasteiger partial charge >= 0.3 is 0 Å². The lowest BCUT2D eigenvalue weighted by molar-refractivity contribution is -0.00937. The molecule has 0 amide bonds. The molecule has 6 heteroatoms. The summed E-state index contributed by atoms with van der Waals surface area (Å²) in [5, 5.41) is 5.08. The van der Waals surface area contributed by atoms with Crippen molar-refractivity contribution in [1.82, 2.24) is 20.1 Å². The molecule has 1 fully saturated rings. The van der Waals surface area contributed by atoms with Gasteiger partial charge in [0.1, 0.15) is 11.2 Å². The SMILES string of the molecule is CC1(c2nc(-c3ccnc4[nH]ccc34)no2)CCCO1. The van der Waals surface area contributed by atoms with Gasteiger partial charge in [-0.05, 0) is 31.9 Å². The molecule has 0 saturated carbocycles. The van der Waals surface area contributed by atoms with E-state index in [-0.39, 0.29) is 0 Å². The zero-order chi connectivity index (χ0) is 13.6. The van der Waals surface area contributed by atoms with Crippen molar-refractivity contribution in [3.05, 3.63) is 30.4 Å². The van der Waals surface area contributed by atoms with Gasteiger partial charge in [0.25, 0.3) is 5.89 Å². The maximum absolute atomic E-state index is 5.73. The number of nitrogens with zero attached hydrogens (tertiary/aromatic N) is 3. The highest BCUT2D eigenvalue weighted by atomic mass is 16.5. The number of rotatable bonds is 2. The van der Waals surface area contributed by atoms with Crippen molar-refractivity contribution < 1.29 is 9.26 Å². The van der Waals surface area contributed by atoms with Gasteiger partial charge in [-0.25, -0.2) is 4.98 Å². The average molecular weight is 270 g/mol. The molecule has 1 saturated heterocycles. The number of pyridine rings is 1. The predicted molar refractivity (Wildman–Crippen MR) is 71.9 cm³/mol. The van der Waals surface area contributed by atoms with E-state index in [9.17, 15) is 0 Å². The lowest BCUT2D eigenvalue weighted by Gasteiger charge is -2.16. The standard InChI is InChI=1S/C14H14N4O2/c1-14(5-2-8-19-14)13-17-12(18-20-13)10-4-7-16-11-9(10)3-6-15-11/h3-4,6-7H,2,5,8H2,1H3,(H,15,16). The summed E-state index contributed by atoms with van der Waals surface area (Å²) in [6.07, 6.45) is 5.51. The molecular weight excluding hydrogens is 256 g/mol. The Labute approximate surface area is 115 Å². The van der Waals surface area contributed by atoms with Crippen LogP contribution >= 0.6 is 0 Å². The van der Waals surface area contributed by atoms with Crippen LogP contribution in [-0.2, 0) is 10.3 Å². The molecule has 1 aliphatic heterocycles. The summed E-state index contributed by atoms with van der Waals surface area (Å²) in [5.41, 5.74) is 1.28. The van der Waals surface area contributed by atoms with Gasteiger partial charge in [0.2, 0.25) is 5.82 Å². The third-order valence-corrected chi connectivity index (χ3v) is 3.80. The van der Waals surface area contributed by atoms with E-state index in [1.807, 2.05) is 25.3 Å². The molecule has 3 aromatic rings. The Morgan fingerprint density at radius 2 is 2.30 bits per heavy atom. The van der Waals surface area contributed by atoms with E-state index >= 15 is 0 Å². The van der Waals surface area contributed by atoms with Gasteiger partial charge in [-0.15, -0.1) is 0 Å². The second-order valence-corrected chi connectivity index (χ2v) is 5.20. The van der Waals surface area contributed by atoms with E-state index in [1.54, 1.807) is 6.20 Å². The summed E-state index contributed by atoms with van der Waals surface area (Å²) in [6, 6.07) is 3.85. The van der Waals surface area contributed by atoms with E-state index in [0.29, 0.717) is 11.7 Å². The molecule has 1 N–H and O–H groups in total. The summed E-state index contributed by atoms with van der Waals surface area (Å²) in [6.45, 7) is 2.74. The van der Waals surface area contributed by atoms with Crippen molar-refractivity contribution in [2.24, 2.45) is 0 Å². The highest BCUT2D eigenvalue weighted by Crippen LogP contribution is 2.35. The number of hydrogen-bond acceptors (Lipinski definition) is 5. The molecule has 0 aromatic carbocycles. The van der Waals surface area contributed by atoms with Crippen molar-refractivity contribution in [3.63, 3.8) is 0 Å².